The van der Waals surface area contributed by atoms with Crippen LogP contribution >= 0.6 is 11.3 Å². The zero-order valence-electron chi connectivity index (χ0n) is 16.0. The summed E-state index contributed by atoms with van der Waals surface area (Å²) in [5, 5.41) is 9.86. The second kappa shape index (κ2) is 7.90. The highest BCUT2D eigenvalue weighted by atomic mass is 32.1. The molecule has 1 aromatic heterocycles. The SMILES string of the molecule is Cc1ccc(C2=CCC(O)C(C)O2)cc1Cc1ccc(-c2ccc(F)cc2)s1. The Hall–Kier alpha value is -2.43. The van der Waals surface area contributed by atoms with E-state index >= 15 is 0 Å². The number of ether oxygens (including phenoxy) is 1. The van der Waals surface area contributed by atoms with Gasteiger partial charge in [-0.05, 0) is 73.4 Å². The number of thiophene rings is 1. The van der Waals surface area contributed by atoms with Gasteiger partial charge in [0.1, 0.15) is 17.7 Å². The third-order valence-electron chi connectivity index (χ3n) is 5.19. The van der Waals surface area contributed by atoms with Crippen LogP contribution in [0.3, 0.4) is 0 Å². The number of benzene rings is 2. The summed E-state index contributed by atoms with van der Waals surface area (Å²) in [5.74, 6) is 0.631. The first kappa shape index (κ1) is 18.9. The van der Waals surface area contributed by atoms with Crippen molar-refractivity contribution in [1.29, 1.82) is 0 Å². The molecule has 4 rings (SSSR count). The molecule has 0 bridgehead atoms. The van der Waals surface area contributed by atoms with Gasteiger partial charge in [0.05, 0.1) is 6.10 Å². The number of hydrogen-bond donors (Lipinski definition) is 1. The molecule has 3 aromatic rings. The molecule has 1 aliphatic heterocycles. The van der Waals surface area contributed by atoms with E-state index in [1.165, 1.54) is 28.1 Å². The van der Waals surface area contributed by atoms with E-state index < -0.39 is 6.10 Å². The molecule has 0 spiro atoms. The number of aliphatic hydroxyl groups is 1. The summed E-state index contributed by atoms with van der Waals surface area (Å²) in [5.41, 5.74) is 4.59. The number of aliphatic hydroxyl groups excluding tert-OH is 1. The lowest BCUT2D eigenvalue weighted by molar-refractivity contribution is 0.0222. The Morgan fingerprint density at radius 1 is 1.07 bits per heavy atom. The Balaban J connectivity index is 1.56. The molecule has 2 atom stereocenters. The molecule has 2 nitrogen and oxygen atoms in total. The quantitative estimate of drug-likeness (QED) is 0.591. The summed E-state index contributed by atoms with van der Waals surface area (Å²) in [7, 11) is 0. The highest BCUT2D eigenvalue weighted by Crippen LogP contribution is 2.32. The number of hydrogen-bond acceptors (Lipinski definition) is 3. The van der Waals surface area contributed by atoms with Crippen molar-refractivity contribution in [3.63, 3.8) is 0 Å². The zero-order chi connectivity index (χ0) is 19.7. The molecule has 0 radical (unpaired) electrons. The summed E-state index contributed by atoms with van der Waals surface area (Å²) in [6.07, 6.45) is 2.80. The van der Waals surface area contributed by atoms with Crippen LogP contribution in [0, 0.1) is 12.7 Å². The molecule has 0 fully saturated rings. The summed E-state index contributed by atoms with van der Waals surface area (Å²) in [6.45, 7) is 4.02. The lowest BCUT2D eigenvalue weighted by Crippen LogP contribution is -2.28. The van der Waals surface area contributed by atoms with Gasteiger partial charge in [0.2, 0.25) is 0 Å². The van der Waals surface area contributed by atoms with Crippen molar-refractivity contribution in [3.05, 3.63) is 88.1 Å². The summed E-state index contributed by atoms with van der Waals surface area (Å²) >= 11 is 1.74. The van der Waals surface area contributed by atoms with Crippen LogP contribution in [-0.4, -0.2) is 17.3 Å². The van der Waals surface area contributed by atoms with E-state index in [4.69, 9.17) is 4.74 Å². The molecule has 0 amide bonds. The van der Waals surface area contributed by atoms with E-state index in [9.17, 15) is 9.50 Å². The lowest BCUT2D eigenvalue weighted by atomic mass is 9.98. The molecule has 1 N–H and O–H groups in total. The van der Waals surface area contributed by atoms with Gasteiger partial charge in [-0.15, -0.1) is 11.3 Å². The van der Waals surface area contributed by atoms with E-state index in [-0.39, 0.29) is 11.9 Å². The first-order chi connectivity index (χ1) is 13.5. The molecular formula is C24H23FO2S. The molecule has 28 heavy (non-hydrogen) atoms. The Morgan fingerprint density at radius 2 is 1.82 bits per heavy atom. The molecule has 2 heterocycles. The van der Waals surface area contributed by atoms with Crippen LogP contribution in [0.2, 0.25) is 0 Å². The van der Waals surface area contributed by atoms with Crippen LogP contribution in [0.1, 0.15) is 34.9 Å². The second-order valence-corrected chi connectivity index (χ2v) is 8.45. The zero-order valence-corrected chi connectivity index (χ0v) is 16.8. The normalized spacial score (nSPS) is 19.2. The van der Waals surface area contributed by atoms with Crippen molar-refractivity contribution >= 4 is 17.1 Å². The molecule has 4 heteroatoms. The van der Waals surface area contributed by atoms with E-state index in [1.54, 1.807) is 11.3 Å². The first-order valence-corrected chi connectivity index (χ1v) is 10.3. The van der Waals surface area contributed by atoms with Crippen molar-refractivity contribution < 1.29 is 14.2 Å². The minimum absolute atomic E-state index is 0.194. The van der Waals surface area contributed by atoms with Gasteiger partial charge < -0.3 is 9.84 Å². The van der Waals surface area contributed by atoms with Crippen LogP contribution in [0.25, 0.3) is 16.2 Å². The van der Waals surface area contributed by atoms with Gasteiger partial charge in [-0.2, -0.15) is 0 Å². The molecule has 2 unspecified atom stereocenters. The van der Waals surface area contributed by atoms with Crippen LogP contribution in [0.5, 0.6) is 0 Å². The van der Waals surface area contributed by atoms with Crippen LogP contribution in [0.4, 0.5) is 4.39 Å². The molecule has 0 saturated carbocycles. The van der Waals surface area contributed by atoms with Gasteiger partial charge in [-0.1, -0.05) is 24.3 Å². The van der Waals surface area contributed by atoms with Crippen LogP contribution < -0.4 is 0 Å². The molecule has 0 saturated heterocycles. The van der Waals surface area contributed by atoms with Crippen molar-refractivity contribution in [3.8, 4) is 10.4 Å². The average Bonchev–Trinajstić information content (AvgIpc) is 3.15. The monoisotopic (exact) mass is 394 g/mol. The third-order valence-corrected chi connectivity index (χ3v) is 6.32. The van der Waals surface area contributed by atoms with E-state index in [1.807, 2.05) is 25.1 Å². The fraction of sp³-hybridized carbons (Fsp3) is 0.250. The predicted octanol–water partition coefficient (Wildman–Crippen LogP) is 5.96. The summed E-state index contributed by atoms with van der Waals surface area (Å²) in [6, 6.07) is 17.3. The van der Waals surface area contributed by atoms with Crippen LogP contribution in [-0.2, 0) is 11.2 Å². The summed E-state index contributed by atoms with van der Waals surface area (Å²) in [4.78, 5) is 2.41. The molecule has 0 aliphatic carbocycles. The minimum atomic E-state index is -0.440. The van der Waals surface area contributed by atoms with Gasteiger partial charge in [0.15, 0.2) is 0 Å². The topological polar surface area (TPSA) is 29.5 Å². The third kappa shape index (κ3) is 4.03. The van der Waals surface area contributed by atoms with Crippen molar-refractivity contribution in [2.24, 2.45) is 0 Å². The Kier molecular flexibility index (Phi) is 5.33. The van der Waals surface area contributed by atoms with Gasteiger partial charge in [-0.3, -0.25) is 0 Å². The number of aryl methyl sites for hydroxylation is 1. The van der Waals surface area contributed by atoms with E-state index in [2.05, 4.69) is 37.3 Å². The smallest absolute Gasteiger partial charge is 0.123 e. The predicted molar refractivity (Wildman–Crippen MR) is 113 cm³/mol. The van der Waals surface area contributed by atoms with Gasteiger partial charge in [0, 0.05) is 21.7 Å². The first-order valence-electron chi connectivity index (χ1n) is 9.49. The van der Waals surface area contributed by atoms with Crippen molar-refractivity contribution in [2.45, 2.75) is 38.9 Å². The molecule has 144 valence electrons. The largest absolute Gasteiger partial charge is 0.488 e. The van der Waals surface area contributed by atoms with Gasteiger partial charge in [-0.25, -0.2) is 4.39 Å². The average molecular weight is 395 g/mol. The van der Waals surface area contributed by atoms with E-state index in [0.29, 0.717) is 6.42 Å². The highest BCUT2D eigenvalue weighted by molar-refractivity contribution is 7.15. The van der Waals surface area contributed by atoms with Gasteiger partial charge in [0.25, 0.3) is 0 Å². The summed E-state index contributed by atoms with van der Waals surface area (Å²) < 4.78 is 19.0. The van der Waals surface area contributed by atoms with Crippen molar-refractivity contribution in [1.82, 2.24) is 0 Å². The fourth-order valence-electron chi connectivity index (χ4n) is 3.38. The minimum Gasteiger partial charge on any atom is -0.488 e. The van der Waals surface area contributed by atoms with E-state index in [0.717, 1.165) is 28.2 Å². The maximum absolute atomic E-state index is 13.2. The number of rotatable bonds is 4. The highest BCUT2D eigenvalue weighted by Gasteiger charge is 2.22. The molecule has 1 aliphatic rings. The standard InChI is InChI=1S/C24H23FO2S/c1-15-3-4-18(23-11-10-22(26)16(2)27-23)13-19(15)14-21-9-12-24(28-21)17-5-7-20(25)8-6-17/h3-9,11-13,16,22,26H,10,14H2,1-2H3. The maximum Gasteiger partial charge on any atom is 0.123 e. The fourth-order valence-corrected chi connectivity index (χ4v) is 4.41. The number of halogens is 1. The lowest BCUT2D eigenvalue weighted by Gasteiger charge is -2.26. The van der Waals surface area contributed by atoms with Crippen molar-refractivity contribution in [2.75, 3.05) is 0 Å². The van der Waals surface area contributed by atoms with Crippen LogP contribution in [0.15, 0.2) is 60.7 Å². The molecular weight excluding hydrogens is 371 g/mol. The maximum atomic E-state index is 13.2. The Morgan fingerprint density at radius 3 is 2.57 bits per heavy atom. The second-order valence-electron chi connectivity index (χ2n) is 7.29. The molecule has 2 aromatic carbocycles. The Bertz CT molecular complexity index is 1000. The Labute approximate surface area is 168 Å². The van der Waals surface area contributed by atoms with Gasteiger partial charge >= 0.3 is 0 Å².